The van der Waals surface area contributed by atoms with Gasteiger partial charge in [0, 0.05) is 23.1 Å². The molecule has 262 valence electrons. The molecule has 14 heteroatoms. The van der Waals surface area contributed by atoms with Crippen molar-refractivity contribution in [3.05, 3.63) is 57.8 Å². The fraction of sp³-hybridized carbons (Fsp3) is 0.500. The van der Waals surface area contributed by atoms with Crippen molar-refractivity contribution in [3.8, 4) is 34.3 Å². The first-order valence-corrected chi connectivity index (χ1v) is 15.6. The molecule has 2 saturated heterocycles. The summed E-state index contributed by atoms with van der Waals surface area (Å²) in [6.45, 7) is 6.41. The summed E-state index contributed by atoms with van der Waals surface area (Å²) in [7, 11) is 1.49. The third-order valence-corrected chi connectivity index (χ3v) is 8.82. The fourth-order valence-electron chi connectivity index (χ4n) is 5.67. The number of aliphatic hydroxyl groups excluding tert-OH is 6. The van der Waals surface area contributed by atoms with Crippen LogP contribution in [0.2, 0.25) is 0 Å². The van der Waals surface area contributed by atoms with Crippen LogP contribution in [0, 0.1) is 5.92 Å². The number of phenolic OH excluding ortho intramolecular Hbond substituents is 1. The van der Waals surface area contributed by atoms with Crippen LogP contribution >= 0.6 is 0 Å². The number of fused-ring (bicyclic) bond motifs is 1. The van der Waals surface area contributed by atoms with Crippen LogP contribution in [0.25, 0.3) is 22.3 Å². The third kappa shape index (κ3) is 6.75. The second-order valence-electron chi connectivity index (χ2n) is 12.4. The minimum atomic E-state index is -1.75. The van der Waals surface area contributed by atoms with Gasteiger partial charge in [-0.05, 0) is 51.5 Å². The van der Waals surface area contributed by atoms with Gasteiger partial charge in [0.15, 0.2) is 5.76 Å². The maximum atomic E-state index is 14.3. The molecule has 2 aliphatic heterocycles. The van der Waals surface area contributed by atoms with Crippen molar-refractivity contribution < 1.29 is 63.8 Å². The number of ether oxygens (including phenoxy) is 5. The molecule has 2 aromatic carbocycles. The number of allylic oxidation sites excluding steroid dienone is 2. The summed E-state index contributed by atoms with van der Waals surface area (Å²) in [5.41, 5.74) is 0.547. The summed E-state index contributed by atoms with van der Waals surface area (Å²) in [6.07, 6.45) is -10.8. The summed E-state index contributed by atoms with van der Waals surface area (Å²) in [6, 6.07) is 7.59. The van der Waals surface area contributed by atoms with E-state index in [2.05, 4.69) is 0 Å². The topological polar surface area (TPSA) is 218 Å². The standard InChI is InChI=1S/C34H42O14/c1-14(2)6-11-19-21(45-34-29(42)27(40)25(38)22(13-35)46-34)12-20(36)23-26(39)32(48-33-28(41)24(37)15(3)16(4)44-33)30(47-31(19)23)17-7-9-18(43-5)10-8-17/h6-10,12,15-16,22,24-25,27-29,33-38,40-42H,11,13H2,1-5H3/t15-,16-,22+,24+,25+,27-,28+,29+,33-,34+/m0/s1. The maximum Gasteiger partial charge on any atom is 0.239 e. The first-order chi connectivity index (χ1) is 22.8. The van der Waals surface area contributed by atoms with Gasteiger partial charge in [-0.3, -0.25) is 4.79 Å². The van der Waals surface area contributed by atoms with Gasteiger partial charge in [-0.2, -0.15) is 0 Å². The van der Waals surface area contributed by atoms with Crippen LogP contribution in [-0.4, -0.2) is 105 Å². The number of methoxy groups -OCH3 is 1. The van der Waals surface area contributed by atoms with Crippen LogP contribution in [0.3, 0.4) is 0 Å². The minimum Gasteiger partial charge on any atom is -0.507 e. The van der Waals surface area contributed by atoms with Crippen molar-refractivity contribution in [3.63, 3.8) is 0 Å². The van der Waals surface area contributed by atoms with Crippen molar-refractivity contribution in [2.24, 2.45) is 5.92 Å². The Morgan fingerprint density at radius 3 is 2.17 bits per heavy atom. The highest BCUT2D eigenvalue weighted by molar-refractivity contribution is 5.91. The van der Waals surface area contributed by atoms with Crippen LogP contribution in [0.5, 0.6) is 23.0 Å². The van der Waals surface area contributed by atoms with Crippen molar-refractivity contribution in [2.75, 3.05) is 13.7 Å². The van der Waals surface area contributed by atoms with Crippen LogP contribution in [0.1, 0.15) is 33.3 Å². The Morgan fingerprint density at radius 2 is 1.54 bits per heavy atom. The van der Waals surface area contributed by atoms with E-state index in [1.165, 1.54) is 7.11 Å². The van der Waals surface area contributed by atoms with Crippen LogP contribution in [0.4, 0.5) is 0 Å². The highest BCUT2D eigenvalue weighted by Crippen LogP contribution is 2.42. The molecular weight excluding hydrogens is 632 g/mol. The van der Waals surface area contributed by atoms with Gasteiger partial charge in [0.1, 0.15) is 58.7 Å². The average Bonchev–Trinajstić information content (AvgIpc) is 3.06. The van der Waals surface area contributed by atoms with Crippen molar-refractivity contribution >= 4 is 11.0 Å². The zero-order valence-corrected chi connectivity index (χ0v) is 27.1. The number of phenols is 1. The Labute approximate surface area is 275 Å². The molecule has 2 aliphatic rings. The molecule has 0 amide bonds. The van der Waals surface area contributed by atoms with Gasteiger partial charge in [0.05, 0.1) is 25.9 Å². The molecule has 0 radical (unpaired) electrons. The molecule has 14 nitrogen and oxygen atoms in total. The summed E-state index contributed by atoms with van der Waals surface area (Å²) in [5.74, 6) is -1.11. The van der Waals surface area contributed by atoms with Gasteiger partial charge in [0.25, 0.3) is 0 Å². The Kier molecular flexibility index (Phi) is 10.7. The molecule has 0 aliphatic carbocycles. The zero-order chi connectivity index (χ0) is 35.0. The van der Waals surface area contributed by atoms with E-state index in [0.29, 0.717) is 11.3 Å². The molecule has 5 rings (SSSR count). The molecule has 10 atom stereocenters. The van der Waals surface area contributed by atoms with E-state index < -0.39 is 84.8 Å². The predicted molar refractivity (Wildman–Crippen MR) is 170 cm³/mol. The summed E-state index contributed by atoms with van der Waals surface area (Å²) >= 11 is 0. The van der Waals surface area contributed by atoms with Crippen molar-refractivity contribution in [1.82, 2.24) is 0 Å². The highest BCUT2D eigenvalue weighted by Gasteiger charge is 2.45. The molecule has 7 N–H and O–H groups in total. The lowest BCUT2D eigenvalue weighted by Gasteiger charge is -2.40. The van der Waals surface area contributed by atoms with E-state index in [1.807, 2.05) is 13.8 Å². The van der Waals surface area contributed by atoms with Gasteiger partial charge >= 0.3 is 0 Å². The van der Waals surface area contributed by atoms with E-state index in [0.717, 1.165) is 11.6 Å². The van der Waals surface area contributed by atoms with Crippen molar-refractivity contribution in [1.29, 1.82) is 0 Å². The molecule has 3 aromatic rings. The van der Waals surface area contributed by atoms with E-state index in [-0.39, 0.29) is 34.5 Å². The number of rotatable bonds is 9. The third-order valence-electron chi connectivity index (χ3n) is 8.82. The normalized spacial score (nSPS) is 30.6. The second-order valence-corrected chi connectivity index (χ2v) is 12.4. The zero-order valence-electron chi connectivity index (χ0n) is 27.1. The molecule has 48 heavy (non-hydrogen) atoms. The number of aliphatic hydroxyl groups is 6. The smallest absolute Gasteiger partial charge is 0.239 e. The van der Waals surface area contributed by atoms with E-state index in [1.54, 1.807) is 44.2 Å². The fourth-order valence-corrected chi connectivity index (χ4v) is 5.67. The van der Waals surface area contributed by atoms with E-state index >= 15 is 0 Å². The second kappa shape index (κ2) is 14.4. The highest BCUT2D eigenvalue weighted by atomic mass is 16.7. The van der Waals surface area contributed by atoms with Gasteiger partial charge in [-0.1, -0.05) is 18.6 Å². The summed E-state index contributed by atoms with van der Waals surface area (Å²) in [5, 5.41) is 73.3. The monoisotopic (exact) mass is 674 g/mol. The Hall–Kier alpha value is -3.73. The number of aromatic hydroxyl groups is 1. The van der Waals surface area contributed by atoms with E-state index in [4.69, 9.17) is 28.1 Å². The lowest BCUT2D eigenvalue weighted by atomic mass is 9.92. The predicted octanol–water partition coefficient (Wildman–Crippen LogP) is 1.34. The molecule has 2 fully saturated rings. The van der Waals surface area contributed by atoms with Crippen LogP contribution in [-0.2, 0) is 15.9 Å². The number of benzene rings is 2. The summed E-state index contributed by atoms with van der Waals surface area (Å²) in [4.78, 5) is 14.3. The molecule has 0 unspecified atom stereocenters. The summed E-state index contributed by atoms with van der Waals surface area (Å²) < 4.78 is 35.0. The first-order valence-electron chi connectivity index (χ1n) is 15.6. The van der Waals surface area contributed by atoms with Gasteiger partial charge in [-0.25, -0.2) is 0 Å². The van der Waals surface area contributed by atoms with Gasteiger partial charge < -0.3 is 63.8 Å². The largest absolute Gasteiger partial charge is 0.507 e. The lowest BCUT2D eigenvalue weighted by Crippen LogP contribution is -2.60. The molecule has 1 aromatic heterocycles. The lowest BCUT2D eigenvalue weighted by molar-refractivity contribution is -0.277. The molecule has 0 spiro atoms. The van der Waals surface area contributed by atoms with E-state index in [9.17, 15) is 40.5 Å². The van der Waals surface area contributed by atoms with Crippen molar-refractivity contribution in [2.45, 2.75) is 89.4 Å². The SMILES string of the molecule is COc1ccc(-c2oc3c(CC=C(C)C)c(O[C@@H]4O[C@H](CO)[C@@H](O)[C@H](O)[C@H]4O)cc(O)c3c(=O)c2O[C@@H]2O[C@@H](C)[C@H](C)[C@@H](O)[C@H]2O)cc1. The van der Waals surface area contributed by atoms with Gasteiger partial charge in [0.2, 0.25) is 23.8 Å². The Morgan fingerprint density at radius 1 is 0.896 bits per heavy atom. The Balaban J connectivity index is 1.71. The average molecular weight is 675 g/mol. The van der Waals surface area contributed by atoms with Gasteiger partial charge in [-0.15, -0.1) is 0 Å². The van der Waals surface area contributed by atoms with Crippen LogP contribution < -0.4 is 19.6 Å². The van der Waals surface area contributed by atoms with Crippen LogP contribution in [0.15, 0.2) is 51.2 Å². The molecule has 3 heterocycles. The quantitative estimate of drug-likeness (QED) is 0.160. The molecule has 0 bridgehead atoms. The maximum absolute atomic E-state index is 14.3. The number of hydrogen-bond donors (Lipinski definition) is 7. The minimum absolute atomic E-state index is 0.0868. The Bertz CT molecular complexity index is 1680. The first kappa shape index (κ1) is 35.6. The number of hydrogen-bond acceptors (Lipinski definition) is 14. The molecular formula is C34H42O14. The molecule has 0 saturated carbocycles.